The summed E-state index contributed by atoms with van der Waals surface area (Å²) in [6, 6.07) is 0.241. The van der Waals surface area contributed by atoms with Gasteiger partial charge in [0.2, 0.25) is 0 Å². The molecule has 3 atom stereocenters. The molecule has 0 radical (unpaired) electrons. The Morgan fingerprint density at radius 3 is 2.81 bits per heavy atom. The summed E-state index contributed by atoms with van der Waals surface area (Å²) in [5.41, 5.74) is 0. The van der Waals surface area contributed by atoms with Crippen LogP contribution in [0.15, 0.2) is 0 Å². The molecule has 0 aromatic rings. The monoisotopic (exact) mass is 318 g/mol. The van der Waals surface area contributed by atoms with Gasteiger partial charge in [-0.25, -0.2) is 4.79 Å². The van der Waals surface area contributed by atoms with Crippen molar-refractivity contribution in [2.24, 2.45) is 5.92 Å². The number of nitrogens with one attached hydrogen (secondary N) is 1. The lowest BCUT2D eigenvalue weighted by Gasteiger charge is -2.13. The summed E-state index contributed by atoms with van der Waals surface area (Å²) in [5.74, 6) is 0.621. The van der Waals surface area contributed by atoms with Crippen LogP contribution in [0.4, 0.5) is 4.79 Å². The van der Waals surface area contributed by atoms with Gasteiger partial charge in [0.05, 0.1) is 13.2 Å². The van der Waals surface area contributed by atoms with Crippen LogP contribution >= 0.6 is 8.03 Å². The van der Waals surface area contributed by atoms with E-state index in [1.54, 1.807) is 0 Å². The van der Waals surface area contributed by atoms with E-state index < -0.39 is 8.03 Å². The van der Waals surface area contributed by atoms with E-state index in [2.05, 4.69) is 12.2 Å². The van der Waals surface area contributed by atoms with Crippen molar-refractivity contribution in [2.45, 2.75) is 64.8 Å². The van der Waals surface area contributed by atoms with Crippen molar-refractivity contribution in [3.05, 3.63) is 0 Å². The van der Waals surface area contributed by atoms with Gasteiger partial charge in [0, 0.05) is 6.04 Å². The minimum Gasteiger partial charge on any atom is -0.450 e. The molecule has 1 amide bonds. The van der Waals surface area contributed by atoms with Gasteiger partial charge in [-0.05, 0) is 55.9 Å². The summed E-state index contributed by atoms with van der Waals surface area (Å²) in [4.78, 5) is 11.6. The molecular formula is C15H29NO4P+. The molecule has 0 aliphatic heterocycles. The number of hydrogen-bond acceptors (Lipinski definition) is 4. The summed E-state index contributed by atoms with van der Waals surface area (Å²) < 4.78 is 21.6. The van der Waals surface area contributed by atoms with Crippen LogP contribution in [0.2, 0.25) is 0 Å². The van der Waals surface area contributed by atoms with Gasteiger partial charge in [-0.3, -0.25) is 0 Å². The van der Waals surface area contributed by atoms with E-state index in [4.69, 9.17) is 9.26 Å². The topological polar surface area (TPSA) is 64.6 Å². The average Bonchev–Trinajstić information content (AvgIpc) is 2.87. The third-order valence-electron chi connectivity index (χ3n) is 3.82. The Labute approximate surface area is 129 Å². The fraction of sp³-hybridized carbons (Fsp3) is 0.933. The molecule has 0 aromatic heterocycles. The Morgan fingerprint density at radius 2 is 2.10 bits per heavy atom. The lowest BCUT2D eigenvalue weighted by molar-refractivity contribution is 0.140. The predicted octanol–water partition coefficient (Wildman–Crippen LogP) is 4.24. The molecule has 0 heterocycles. The number of alkyl carbamates (subject to hydrolysis) is 1. The normalized spacial score (nSPS) is 22.1. The van der Waals surface area contributed by atoms with Gasteiger partial charge in [0.1, 0.15) is 0 Å². The van der Waals surface area contributed by atoms with Crippen molar-refractivity contribution in [1.29, 1.82) is 0 Å². The number of ether oxygens (including phenoxy) is 1. The maximum Gasteiger partial charge on any atom is 0.508 e. The fourth-order valence-corrected chi connectivity index (χ4v) is 3.56. The summed E-state index contributed by atoms with van der Waals surface area (Å²) in [7, 11) is -1.47. The van der Waals surface area contributed by atoms with Crippen molar-refractivity contribution in [3.63, 3.8) is 0 Å². The smallest absolute Gasteiger partial charge is 0.450 e. The molecule has 1 N–H and O–H groups in total. The molecular weight excluding hydrogens is 289 g/mol. The molecule has 5 nitrogen and oxygen atoms in total. The van der Waals surface area contributed by atoms with Crippen LogP contribution in [0.5, 0.6) is 0 Å². The zero-order chi connectivity index (χ0) is 15.5. The highest BCUT2D eigenvalue weighted by atomic mass is 31.1. The fourth-order valence-electron chi connectivity index (χ4n) is 2.70. The first-order valence-electron chi connectivity index (χ1n) is 8.16. The van der Waals surface area contributed by atoms with Gasteiger partial charge >= 0.3 is 14.1 Å². The molecule has 1 saturated carbocycles. The largest absolute Gasteiger partial charge is 0.508 e. The number of amides is 1. The standard InChI is InChI=1S/C15H28NO4P/c1-3-5-10-19-15(17)16-14-9-8-13(12-14)7-6-11-21(18)20-4-2/h13-14H,3-12H2,1-2H3/p+1/t13-,14+/m0/s1. The first kappa shape index (κ1) is 18.4. The lowest BCUT2D eigenvalue weighted by atomic mass is 10.0. The summed E-state index contributed by atoms with van der Waals surface area (Å²) >= 11 is 0. The quantitative estimate of drug-likeness (QED) is 0.483. The molecule has 0 saturated heterocycles. The van der Waals surface area contributed by atoms with Crippen LogP contribution in [0.3, 0.4) is 0 Å². The molecule has 0 aromatic carbocycles. The Morgan fingerprint density at radius 1 is 1.29 bits per heavy atom. The Balaban J connectivity index is 2.09. The molecule has 21 heavy (non-hydrogen) atoms. The van der Waals surface area contributed by atoms with Crippen LogP contribution in [-0.2, 0) is 13.8 Å². The van der Waals surface area contributed by atoms with Crippen molar-refractivity contribution in [2.75, 3.05) is 19.4 Å². The summed E-state index contributed by atoms with van der Waals surface area (Å²) in [6.45, 7) is 4.95. The number of unbranched alkanes of at least 4 members (excludes halogenated alkanes) is 1. The van der Waals surface area contributed by atoms with Crippen LogP contribution in [0, 0.1) is 5.92 Å². The molecule has 0 bridgehead atoms. The molecule has 6 heteroatoms. The van der Waals surface area contributed by atoms with Crippen LogP contribution in [-0.4, -0.2) is 31.5 Å². The SMILES string of the molecule is CCCCOC(=O)N[C@@H]1CC[C@H](CCC[P+](=O)OCC)C1. The highest BCUT2D eigenvalue weighted by molar-refractivity contribution is 7.39. The van der Waals surface area contributed by atoms with E-state index >= 15 is 0 Å². The van der Waals surface area contributed by atoms with E-state index in [9.17, 15) is 9.36 Å². The van der Waals surface area contributed by atoms with Gasteiger partial charge in [-0.2, -0.15) is 0 Å². The van der Waals surface area contributed by atoms with Gasteiger partial charge in [0.15, 0.2) is 6.16 Å². The number of hydrogen-bond donors (Lipinski definition) is 1. The van der Waals surface area contributed by atoms with Crippen LogP contribution < -0.4 is 5.32 Å². The predicted molar refractivity (Wildman–Crippen MR) is 83.9 cm³/mol. The molecule has 122 valence electrons. The average molecular weight is 318 g/mol. The molecule has 1 fully saturated rings. The molecule has 1 aliphatic carbocycles. The van der Waals surface area contributed by atoms with E-state index in [-0.39, 0.29) is 12.1 Å². The Hall–Kier alpha value is -0.670. The second-order valence-electron chi connectivity index (χ2n) is 5.63. The third kappa shape index (κ3) is 8.37. The minimum atomic E-state index is -1.47. The van der Waals surface area contributed by atoms with Crippen LogP contribution in [0.1, 0.15) is 58.8 Å². The third-order valence-corrected chi connectivity index (χ3v) is 5.05. The number of carbonyl (C=O) groups is 1. The Kier molecular flexibility index (Phi) is 9.60. The zero-order valence-electron chi connectivity index (χ0n) is 13.3. The maximum atomic E-state index is 11.6. The van der Waals surface area contributed by atoms with Crippen molar-refractivity contribution >= 4 is 14.1 Å². The van der Waals surface area contributed by atoms with Gasteiger partial charge in [0.25, 0.3) is 0 Å². The zero-order valence-corrected chi connectivity index (χ0v) is 14.2. The highest BCUT2D eigenvalue weighted by Crippen LogP contribution is 2.31. The highest BCUT2D eigenvalue weighted by Gasteiger charge is 2.27. The second kappa shape index (κ2) is 11.0. The Bertz CT molecular complexity index is 325. The second-order valence-corrected chi connectivity index (χ2v) is 7.00. The van der Waals surface area contributed by atoms with Crippen molar-refractivity contribution in [3.8, 4) is 0 Å². The molecule has 0 spiro atoms. The van der Waals surface area contributed by atoms with Crippen molar-refractivity contribution in [1.82, 2.24) is 5.32 Å². The first-order chi connectivity index (χ1) is 10.2. The lowest BCUT2D eigenvalue weighted by Crippen LogP contribution is -2.33. The maximum absolute atomic E-state index is 11.6. The van der Waals surface area contributed by atoms with Gasteiger partial charge < -0.3 is 10.1 Å². The molecule has 1 aliphatic rings. The molecule has 1 unspecified atom stereocenters. The van der Waals surface area contributed by atoms with E-state index in [0.29, 0.717) is 25.3 Å². The first-order valence-corrected chi connectivity index (χ1v) is 9.52. The summed E-state index contributed by atoms with van der Waals surface area (Å²) in [6.07, 6.45) is 7.47. The van der Waals surface area contributed by atoms with E-state index in [1.165, 1.54) is 0 Å². The minimum absolute atomic E-state index is 0.241. The summed E-state index contributed by atoms with van der Waals surface area (Å²) in [5, 5.41) is 2.94. The van der Waals surface area contributed by atoms with E-state index in [1.807, 2.05) is 6.92 Å². The number of rotatable bonds is 10. The van der Waals surface area contributed by atoms with E-state index in [0.717, 1.165) is 44.9 Å². The van der Waals surface area contributed by atoms with Gasteiger partial charge in [-0.1, -0.05) is 13.3 Å². The molecule has 1 rings (SSSR count). The number of carbonyl (C=O) groups excluding carboxylic acids is 1. The van der Waals surface area contributed by atoms with Crippen LogP contribution in [0.25, 0.3) is 0 Å². The van der Waals surface area contributed by atoms with Gasteiger partial charge in [-0.15, -0.1) is 4.52 Å². The van der Waals surface area contributed by atoms with Crippen molar-refractivity contribution < 1.29 is 18.6 Å².